The van der Waals surface area contributed by atoms with Gasteiger partial charge in [0.15, 0.2) is 6.10 Å². The Hall–Kier alpha value is -1.85. The van der Waals surface area contributed by atoms with Crippen molar-refractivity contribution in [2.45, 2.75) is 284 Å². The zero-order valence-corrected chi connectivity index (χ0v) is 38.4. The first kappa shape index (κ1) is 55.2. The van der Waals surface area contributed by atoms with Crippen LogP contribution in [0, 0.1) is 0 Å². The smallest absolute Gasteiger partial charge is 0.306 e. The Labute approximate surface area is 354 Å². The second-order valence-electron chi connectivity index (χ2n) is 17.1. The third-order valence-electron chi connectivity index (χ3n) is 11.3. The molecule has 0 saturated carbocycles. The fourth-order valence-corrected chi connectivity index (χ4v) is 7.44. The monoisotopic (exact) mass is 805 g/mol. The summed E-state index contributed by atoms with van der Waals surface area (Å²) in [5.74, 6) is -0.878. The Bertz CT molecular complexity index is 885. The molecule has 0 saturated heterocycles. The Morgan fingerprint density at radius 2 is 0.579 bits per heavy atom. The van der Waals surface area contributed by atoms with E-state index in [1.165, 1.54) is 180 Å². The molecule has 0 aromatic heterocycles. The Morgan fingerprint density at radius 1 is 0.333 bits per heavy atom. The molecule has 0 bridgehead atoms. The van der Waals surface area contributed by atoms with E-state index in [0.29, 0.717) is 19.3 Å². The van der Waals surface area contributed by atoms with Gasteiger partial charge in [-0.3, -0.25) is 14.4 Å². The molecule has 0 radical (unpaired) electrons. The van der Waals surface area contributed by atoms with Crippen molar-refractivity contribution in [3.05, 3.63) is 12.2 Å². The minimum Gasteiger partial charge on any atom is -0.462 e. The highest BCUT2D eigenvalue weighted by Gasteiger charge is 2.19. The number of carbonyl (C=O) groups is 3. The molecule has 1 atom stereocenters. The van der Waals surface area contributed by atoms with Gasteiger partial charge < -0.3 is 14.2 Å². The van der Waals surface area contributed by atoms with Crippen LogP contribution in [0.3, 0.4) is 0 Å². The van der Waals surface area contributed by atoms with E-state index in [0.717, 1.165) is 57.8 Å². The number of esters is 3. The van der Waals surface area contributed by atoms with E-state index in [-0.39, 0.29) is 31.1 Å². The number of unbranched alkanes of at least 4 members (excludes halogenated alkanes) is 33. The van der Waals surface area contributed by atoms with E-state index >= 15 is 0 Å². The maximum absolute atomic E-state index is 12.5. The molecule has 1 unspecified atom stereocenters. The van der Waals surface area contributed by atoms with Gasteiger partial charge in [-0.05, 0) is 44.9 Å². The largest absolute Gasteiger partial charge is 0.462 e. The van der Waals surface area contributed by atoms with Crippen molar-refractivity contribution < 1.29 is 28.6 Å². The molecule has 0 aliphatic carbocycles. The van der Waals surface area contributed by atoms with Gasteiger partial charge in [0.1, 0.15) is 13.2 Å². The van der Waals surface area contributed by atoms with Crippen LogP contribution >= 0.6 is 0 Å². The van der Waals surface area contributed by atoms with Gasteiger partial charge in [0, 0.05) is 19.3 Å². The highest BCUT2D eigenvalue weighted by atomic mass is 16.6. The lowest BCUT2D eigenvalue weighted by Crippen LogP contribution is -2.30. The summed E-state index contributed by atoms with van der Waals surface area (Å²) in [6.45, 7) is 6.53. The average Bonchev–Trinajstić information content (AvgIpc) is 3.21. The Balaban J connectivity index is 3.85. The summed E-state index contributed by atoms with van der Waals surface area (Å²) < 4.78 is 16.6. The van der Waals surface area contributed by atoms with Crippen LogP contribution in [0.15, 0.2) is 12.2 Å². The van der Waals surface area contributed by atoms with Crippen molar-refractivity contribution in [3.63, 3.8) is 0 Å². The second kappa shape index (κ2) is 46.8. The first-order chi connectivity index (χ1) is 28.0. The first-order valence-electron chi connectivity index (χ1n) is 25.2. The van der Waals surface area contributed by atoms with Crippen LogP contribution in [0.4, 0.5) is 0 Å². The second-order valence-corrected chi connectivity index (χ2v) is 17.1. The van der Waals surface area contributed by atoms with Crippen LogP contribution in [0.2, 0.25) is 0 Å². The number of rotatable bonds is 46. The summed E-state index contributed by atoms with van der Waals surface area (Å²) >= 11 is 0. The zero-order chi connectivity index (χ0) is 41.5. The standard InChI is InChI=1S/C51H96O6/c1-4-7-10-13-16-17-18-19-20-21-22-23-24-25-26-27-28-29-30-31-32-33-34-35-36-39-41-44-50(53)56-47-48(57-51(54)45-42-38-15-12-9-6-3)46-55-49(52)43-40-37-14-11-8-5-2/h21-22,48H,4-20,23-47H2,1-3H3/b22-21-. The third-order valence-corrected chi connectivity index (χ3v) is 11.3. The van der Waals surface area contributed by atoms with Crippen LogP contribution in [0.25, 0.3) is 0 Å². The molecule has 57 heavy (non-hydrogen) atoms. The van der Waals surface area contributed by atoms with Gasteiger partial charge in [-0.1, -0.05) is 226 Å². The summed E-state index contributed by atoms with van der Waals surface area (Å²) in [7, 11) is 0. The normalized spacial score (nSPS) is 12.0. The molecule has 6 heteroatoms. The Morgan fingerprint density at radius 3 is 0.877 bits per heavy atom. The van der Waals surface area contributed by atoms with E-state index in [1.54, 1.807) is 0 Å². The molecule has 0 amide bonds. The lowest BCUT2D eigenvalue weighted by Gasteiger charge is -2.18. The lowest BCUT2D eigenvalue weighted by atomic mass is 10.0. The summed E-state index contributed by atoms with van der Waals surface area (Å²) in [4.78, 5) is 37.3. The minimum atomic E-state index is -0.758. The van der Waals surface area contributed by atoms with E-state index < -0.39 is 6.10 Å². The first-order valence-corrected chi connectivity index (χ1v) is 25.2. The van der Waals surface area contributed by atoms with Gasteiger partial charge in [-0.25, -0.2) is 0 Å². The summed E-state index contributed by atoms with van der Waals surface area (Å²) in [6, 6.07) is 0. The number of hydrogen-bond acceptors (Lipinski definition) is 6. The van der Waals surface area contributed by atoms with Crippen molar-refractivity contribution >= 4 is 17.9 Å². The van der Waals surface area contributed by atoms with E-state index in [9.17, 15) is 14.4 Å². The van der Waals surface area contributed by atoms with Crippen LogP contribution in [0.1, 0.15) is 278 Å². The number of hydrogen-bond donors (Lipinski definition) is 0. The van der Waals surface area contributed by atoms with Gasteiger partial charge in [-0.2, -0.15) is 0 Å². The maximum atomic E-state index is 12.5. The number of allylic oxidation sites excluding steroid dienone is 2. The number of carbonyl (C=O) groups excluding carboxylic acids is 3. The molecule has 0 aromatic rings. The van der Waals surface area contributed by atoms with Crippen molar-refractivity contribution in [2.75, 3.05) is 13.2 Å². The molecule has 0 heterocycles. The summed E-state index contributed by atoms with van der Waals surface area (Å²) in [6.07, 6.45) is 51.3. The predicted molar refractivity (Wildman–Crippen MR) is 243 cm³/mol. The van der Waals surface area contributed by atoms with Crippen molar-refractivity contribution in [1.82, 2.24) is 0 Å². The lowest BCUT2D eigenvalue weighted by molar-refractivity contribution is -0.167. The van der Waals surface area contributed by atoms with Crippen LogP contribution < -0.4 is 0 Å². The average molecular weight is 805 g/mol. The zero-order valence-electron chi connectivity index (χ0n) is 38.4. The molecule has 6 nitrogen and oxygen atoms in total. The summed E-state index contributed by atoms with van der Waals surface area (Å²) in [5, 5.41) is 0. The van der Waals surface area contributed by atoms with E-state index in [1.807, 2.05) is 0 Å². The quantitative estimate of drug-likeness (QED) is 0.0264. The SMILES string of the molecule is CCCCCCCCCC/C=C\CCCCCCCCCCCCCCCCCC(=O)OCC(COC(=O)CCCCCCCC)OC(=O)CCCCCCCC. The highest BCUT2D eigenvalue weighted by Crippen LogP contribution is 2.16. The summed E-state index contributed by atoms with van der Waals surface area (Å²) in [5.41, 5.74) is 0. The molecule has 0 N–H and O–H groups in total. The molecular formula is C51H96O6. The minimum absolute atomic E-state index is 0.0668. The van der Waals surface area contributed by atoms with Crippen LogP contribution in [-0.2, 0) is 28.6 Å². The molecular weight excluding hydrogens is 709 g/mol. The van der Waals surface area contributed by atoms with Crippen molar-refractivity contribution in [2.24, 2.45) is 0 Å². The molecule has 0 rings (SSSR count). The fraction of sp³-hybridized carbons (Fsp3) is 0.902. The highest BCUT2D eigenvalue weighted by molar-refractivity contribution is 5.71. The Kier molecular flexibility index (Phi) is 45.3. The molecule has 336 valence electrons. The van der Waals surface area contributed by atoms with Gasteiger partial charge in [0.25, 0.3) is 0 Å². The molecule has 0 aliphatic heterocycles. The fourth-order valence-electron chi connectivity index (χ4n) is 7.44. The van der Waals surface area contributed by atoms with E-state index in [4.69, 9.17) is 14.2 Å². The molecule has 0 aromatic carbocycles. The van der Waals surface area contributed by atoms with Gasteiger partial charge in [-0.15, -0.1) is 0 Å². The van der Waals surface area contributed by atoms with Crippen LogP contribution in [-0.4, -0.2) is 37.2 Å². The maximum Gasteiger partial charge on any atom is 0.306 e. The molecule has 0 aliphatic rings. The van der Waals surface area contributed by atoms with E-state index in [2.05, 4.69) is 32.9 Å². The van der Waals surface area contributed by atoms with Crippen molar-refractivity contribution in [3.8, 4) is 0 Å². The van der Waals surface area contributed by atoms with Gasteiger partial charge in [0.05, 0.1) is 0 Å². The topological polar surface area (TPSA) is 78.9 Å². The van der Waals surface area contributed by atoms with Gasteiger partial charge in [0.2, 0.25) is 0 Å². The molecule has 0 fully saturated rings. The number of ether oxygens (including phenoxy) is 3. The predicted octanol–water partition coefficient (Wildman–Crippen LogP) is 16.2. The third kappa shape index (κ3) is 45.1. The van der Waals surface area contributed by atoms with Crippen LogP contribution in [0.5, 0.6) is 0 Å². The molecule has 0 spiro atoms. The van der Waals surface area contributed by atoms with Gasteiger partial charge >= 0.3 is 17.9 Å². The van der Waals surface area contributed by atoms with Crippen molar-refractivity contribution in [1.29, 1.82) is 0 Å².